The van der Waals surface area contributed by atoms with Crippen LogP contribution in [0.5, 0.6) is 0 Å². The first-order valence-corrected chi connectivity index (χ1v) is 7.63. The predicted molar refractivity (Wildman–Crippen MR) is 68.3 cm³/mol. The zero-order valence-corrected chi connectivity index (χ0v) is 11.6. The molecule has 0 fully saturated rings. The van der Waals surface area contributed by atoms with Crippen molar-refractivity contribution in [2.75, 3.05) is 39.5 Å². The lowest BCUT2D eigenvalue weighted by Crippen LogP contribution is -2.34. The van der Waals surface area contributed by atoms with Gasteiger partial charge in [0.1, 0.15) is 0 Å². The van der Waals surface area contributed by atoms with Crippen molar-refractivity contribution >= 4 is 15.9 Å². The van der Waals surface area contributed by atoms with E-state index in [0.29, 0.717) is 39.0 Å². The number of nitrogens with one attached hydrogen (secondary N) is 2. The Morgan fingerprint density at radius 1 is 1.29 bits per heavy atom. The zero-order valence-electron chi connectivity index (χ0n) is 10.8. The van der Waals surface area contributed by atoms with Crippen LogP contribution in [0.4, 0.5) is 0 Å². The Labute approximate surface area is 104 Å². The SMILES string of the molecule is CCN(CCCNC(=O)CCNC)S(C)(=O)=O. The third-order valence-electron chi connectivity index (χ3n) is 2.33. The molecule has 0 aliphatic heterocycles. The monoisotopic (exact) mass is 265 g/mol. The van der Waals surface area contributed by atoms with E-state index in [1.165, 1.54) is 10.6 Å². The van der Waals surface area contributed by atoms with Crippen LogP contribution in [0.25, 0.3) is 0 Å². The van der Waals surface area contributed by atoms with E-state index < -0.39 is 10.0 Å². The van der Waals surface area contributed by atoms with Crippen LogP contribution in [0.2, 0.25) is 0 Å². The lowest BCUT2D eigenvalue weighted by molar-refractivity contribution is -0.120. The van der Waals surface area contributed by atoms with Gasteiger partial charge in [0.2, 0.25) is 15.9 Å². The smallest absolute Gasteiger partial charge is 0.221 e. The summed E-state index contributed by atoms with van der Waals surface area (Å²) in [6.45, 7) is 3.87. The van der Waals surface area contributed by atoms with Crippen molar-refractivity contribution in [2.24, 2.45) is 0 Å². The van der Waals surface area contributed by atoms with Gasteiger partial charge in [-0.15, -0.1) is 0 Å². The van der Waals surface area contributed by atoms with Crippen molar-refractivity contribution in [3.63, 3.8) is 0 Å². The van der Waals surface area contributed by atoms with Crippen molar-refractivity contribution in [1.82, 2.24) is 14.9 Å². The van der Waals surface area contributed by atoms with Gasteiger partial charge in [0.05, 0.1) is 6.26 Å². The summed E-state index contributed by atoms with van der Waals surface area (Å²) in [6, 6.07) is 0. The average molecular weight is 265 g/mol. The highest BCUT2D eigenvalue weighted by atomic mass is 32.2. The number of hydrogen-bond acceptors (Lipinski definition) is 4. The first-order chi connectivity index (χ1) is 7.91. The quantitative estimate of drug-likeness (QED) is 0.545. The Morgan fingerprint density at radius 2 is 1.94 bits per heavy atom. The lowest BCUT2D eigenvalue weighted by atomic mass is 10.3. The van der Waals surface area contributed by atoms with Gasteiger partial charge < -0.3 is 10.6 Å². The molecular formula is C10H23N3O3S. The van der Waals surface area contributed by atoms with Crippen molar-refractivity contribution in [3.05, 3.63) is 0 Å². The molecule has 0 rings (SSSR count). The lowest BCUT2D eigenvalue weighted by Gasteiger charge is -2.17. The second-order valence-electron chi connectivity index (χ2n) is 3.81. The summed E-state index contributed by atoms with van der Waals surface area (Å²) in [5.74, 6) is -0.0123. The Bertz CT molecular complexity index is 317. The number of nitrogens with zero attached hydrogens (tertiary/aromatic N) is 1. The molecule has 0 heterocycles. The summed E-state index contributed by atoms with van der Waals surface area (Å²) < 4.78 is 23.9. The third-order valence-corrected chi connectivity index (χ3v) is 3.71. The molecule has 1 amide bonds. The van der Waals surface area contributed by atoms with Crippen LogP contribution in [0.3, 0.4) is 0 Å². The minimum absolute atomic E-state index is 0.0123. The van der Waals surface area contributed by atoms with Gasteiger partial charge in [0.15, 0.2) is 0 Å². The second kappa shape index (κ2) is 8.43. The molecule has 0 aliphatic carbocycles. The van der Waals surface area contributed by atoms with E-state index in [-0.39, 0.29) is 5.91 Å². The molecule has 0 saturated heterocycles. The van der Waals surface area contributed by atoms with Crippen LogP contribution >= 0.6 is 0 Å². The highest BCUT2D eigenvalue weighted by Crippen LogP contribution is 1.98. The molecule has 0 spiro atoms. The van der Waals surface area contributed by atoms with Crippen molar-refractivity contribution in [2.45, 2.75) is 19.8 Å². The molecule has 0 aromatic heterocycles. The van der Waals surface area contributed by atoms with Crippen molar-refractivity contribution < 1.29 is 13.2 Å². The Hall–Kier alpha value is -0.660. The van der Waals surface area contributed by atoms with Crippen molar-refractivity contribution in [1.29, 1.82) is 0 Å². The van der Waals surface area contributed by atoms with E-state index in [0.717, 1.165) is 0 Å². The largest absolute Gasteiger partial charge is 0.356 e. The summed E-state index contributed by atoms with van der Waals surface area (Å²) in [5, 5.41) is 5.64. The Kier molecular flexibility index (Phi) is 8.11. The van der Waals surface area contributed by atoms with Crippen LogP contribution in [0.1, 0.15) is 19.8 Å². The van der Waals surface area contributed by atoms with Gasteiger partial charge in [-0.05, 0) is 13.5 Å². The van der Waals surface area contributed by atoms with E-state index in [1.54, 1.807) is 14.0 Å². The Morgan fingerprint density at radius 3 is 2.41 bits per heavy atom. The fourth-order valence-corrected chi connectivity index (χ4v) is 2.30. The van der Waals surface area contributed by atoms with E-state index in [9.17, 15) is 13.2 Å². The first kappa shape index (κ1) is 16.3. The van der Waals surface area contributed by atoms with E-state index >= 15 is 0 Å². The fraction of sp³-hybridized carbons (Fsp3) is 0.900. The van der Waals surface area contributed by atoms with Gasteiger partial charge in [0.25, 0.3) is 0 Å². The topological polar surface area (TPSA) is 78.5 Å². The number of carbonyl (C=O) groups excluding carboxylic acids is 1. The molecule has 0 unspecified atom stereocenters. The molecule has 0 aromatic rings. The summed E-state index contributed by atoms with van der Waals surface area (Å²) >= 11 is 0. The summed E-state index contributed by atoms with van der Waals surface area (Å²) in [7, 11) is -1.33. The van der Waals surface area contributed by atoms with Gasteiger partial charge >= 0.3 is 0 Å². The summed E-state index contributed by atoms with van der Waals surface area (Å²) in [6.07, 6.45) is 2.27. The fourth-order valence-electron chi connectivity index (χ4n) is 1.37. The summed E-state index contributed by atoms with van der Waals surface area (Å²) in [5.41, 5.74) is 0. The molecule has 0 bridgehead atoms. The normalized spacial score (nSPS) is 11.8. The zero-order chi connectivity index (χ0) is 13.3. The minimum atomic E-state index is -3.12. The maximum Gasteiger partial charge on any atom is 0.221 e. The molecule has 0 saturated carbocycles. The van der Waals surface area contributed by atoms with Gasteiger partial charge in [0, 0.05) is 32.6 Å². The molecule has 0 aliphatic rings. The van der Waals surface area contributed by atoms with Crippen LogP contribution in [0.15, 0.2) is 0 Å². The molecule has 6 nitrogen and oxygen atoms in total. The van der Waals surface area contributed by atoms with Crippen LogP contribution in [-0.2, 0) is 14.8 Å². The molecule has 0 radical (unpaired) electrons. The van der Waals surface area contributed by atoms with Crippen LogP contribution in [-0.4, -0.2) is 58.1 Å². The van der Waals surface area contributed by atoms with Gasteiger partial charge in [-0.2, -0.15) is 0 Å². The van der Waals surface area contributed by atoms with E-state index in [4.69, 9.17) is 0 Å². The molecule has 102 valence electrons. The van der Waals surface area contributed by atoms with Crippen molar-refractivity contribution in [3.8, 4) is 0 Å². The predicted octanol–water partition coefficient (Wildman–Crippen LogP) is -0.616. The standard InChI is InChI=1S/C10H23N3O3S/c1-4-13(17(3,15)16)9-5-7-12-10(14)6-8-11-2/h11H,4-9H2,1-3H3,(H,12,14). The number of amides is 1. The maximum atomic E-state index is 11.3. The number of hydrogen-bond donors (Lipinski definition) is 2. The molecule has 2 N–H and O–H groups in total. The second-order valence-corrected chi connectivity index (χ2v) is 5.79. The molecule has 7 heteroatoms. The number of carbonyl (C=O) groups is 1. The molecule has 17 heavy (non-hydrogen) atoms. The van der Waals surface area contributed by atoms with Crippen LogP contribution in [0, 0.1) is 0 Å². The molecule has 0 atom stereocenters. The third kappa shape index (κ3) is 8.12. The average Bonchev–Trinajstić information content (AvgIpc) is 2.24. The minimum Gasteiger partial charge on any atom is -0.356 e. The number of sulfonamides is 1. The highest BCUT2D eigenvalue weighted by molar-refractivity contribution is 7.88. The van der Waals surface area contributed by atoms with Gasteiger partial charge in [-0.3, -0.25) is 4.79 Å². The molecule has 0 aromatic carbocycles. The van der Waals surface area contributed by atoms with Gasteiger partial charge in [-0.25, -0.2) is 12.7 Å². The van der Waals surface area contributed by atoms with Gasteiger partial charge in [-0.1, -0.05) is 6.92 Å². The highest BCUT2D eigenvalue weighted by Gasteiger charge is 2.13. The van der Waals surface area contributed by atoms with E-state index in [2.05, 4.69) is 10.6 Å². The summed E-state index contributed by atoms with van der Waals surface area (Å²) in [4.78, 5) is 11.2. The number of rotatable bonds is 9. The Balaban J connectivity index is 3.73. The van der Waals surface area contributed by atoms with E-state index in [1.807, 2.05) is 0 Å². The maximum absolute atomic E-state index is 11.3. The van der Waals surface area contributed by atoms with Crippen LogP contribution < -0.4 is 10.6 Å². The molecular weight excluding hydrogens is 242 g/mol. The first-order valence-electron chi connectivity index (χ1n) is 5.78.